The fourth-order valence-electron chi connectivity index (χ4n) is 3.60. The number of nitrogens with zero attached hydrogens (tertiary/aromatic N) is 3. The Balaban J connectivity index is 1.93. The van der Waals surface area contributed by atoms with Gasteiger partial charge in [-0.2, -0.15) is 5.10 Å². The standard InChI is InChI=1S/C18H25N3O/c1-14-10-15(2)18(21-9-5-7-19-21)16(11-14)12-20-8-4-6-17(20)13-22-3/h5,7,9-11,17H,4,6,8,12-13H2,1-3H3/t17-/m0/s1. The molecular weight excluding hydrogens is 274 g/mol. The van der Waals surface area contributed by atoms with Crippen LogP contribution in [0.15, 0.2) is 30.6 Å². The Morgan fingerprint density at radius 3 is 2.91 bits per heavy atom. The zero-order valence-electron chi connectivity index (χ0n) is 13.7. The van der Waals surface area contributed by atoms with Crippen molar-refractivity contribution in [1.82, 2.24) is 14.7 Å². The third kappa shape index (κ3) is 3.08. The van der Waals surface area contributed by atoms with E-state index in [4.69, 9.17) is 4.74 Å². The first kappa shape index (κ1) is 15.3. The van der Waals surface area contributed by atoms with Gasteiger partial charge < -0.3 is 4.74 Å². The molecule has 1 aromatic heterocycles. The molecule has 0 unspecified atom stereocenters. The Morgan fingerprint density at radius 1 is 1.32 bits per heavy atom. The molecule has 1 saturated heterocycles. The van der Waals surface area contributed by atoms with Crippen molar-refractivity contribution < 1.29 is 4.74 Å². The predicted octanol–water partition coefficient (Wildman–Crippen LogP) is 3.10. The smallest absolute Gasteiger partial charge is 0.0719 e. The monoisotopic (exact) mass is 299 g/mol. The van der Waals surface area contributed by atoms with Crippen molar-refractivity contribution in [1.29, 1.82) is 0 Å². The summed E-state index contributed by atoms with van der Waals surface area (Å²) < 4.78 is 7.38. The highest BCUT2D eigenvalue weighted by atomic mass is 16.5. The van der Waals surface area contributed by atoms with Gasteiger partial charge in [-0.15, -0.1) is 0 Å². The van der Waals surface area contributed by atoms with Gasteiger partial charge >= 0.3 is 0 Å². The van der Waals surface area contributed by atoms with Crippen molar-refractivity contribution >= 4 is 0 Å². The van der Waals surface area contributed by atoms with Crippen molar-refractivity contribution in [3.05, 3.63) is 47.3 Å². The molecule has 2 heterocycles. The van der Waals surface area contributed by atoms with Crippen LogP contribution in [0.1, 0.15) is 29.5 Å². The molecule has 0 saturated carbocycles. The van der Waals surface area contributed by atoms with Crippen LogP contribution in [0.3, 0.4) is 0 Å². The van der Waals surface area contributed by atoms with E-state index in [0.717, 1.165) is 19.7 Å². The second-order valence-corrected chi connectivity index (χ2v) is 6.26. The molecule has 1 aromatic carbocycles. The lowest BCUT2D eigenvalue weighted by Gasteiger charge is -2.25. The van der Waals surface area contributed by atoms with E-state index in [9.17, 15) is 0 Å². The van der Waals surface area contributed by atoms with E-state index < -0.39 is 0 Å². The summed E-state index contributed by atoms with van der Waals surface area (Å²) in [5.41, 5.74) is 5.16. The summed E-state index contributed by atoms with van der Waals surface area (Å²) in [6.45, 7) is 7.28. The summed E-state index contributed by atoms with van der Waals surface area (Å²) in [6.07, 6.45) is 6.36. The summed E-state index contributed by atoms with van der Waals surface area (Å²) in [5.74, 6) is 0. The molecule has 0 spiro atoms. The lowest BCUT2D eigenvalue weighted by Crippen LogP contribution is -2.32. The zero-order valence-corrected chi connectivity index (χ0v) is 13.7. The number of hydrogen-bond acceptors (Lipinski definition) is 3. The van der Waals surface area contributed by atoms with Gasteiger partial charge in [-0.25, -0.2) is 4.68 Å². The number of likely N-dealkylation sites (tertiary alicyclic amines) is 1. The highest BCUT2D eigenvalue weighted by Crippen LogP contribution is 2.26. The van der Waals surface area contributed by atoms with Crippen LogP contribution < -0.4 is 0 Å². The first-order valence-corrected chi connectivity index (χ1v) is 8.02. The van der Waals surface area contributed by atoms with E-state index in [1.807, 2.05) is 23.1 Å². The Hall–Kier alpha value is -1.65. The van der Waals surface area contributed by atoms with Gasteiger partial charge in [0.05, 0.1) is 12.3 Å². The molecule has 1 fully saturated rings. The quantitative estimate of drug-likeness (QED) is 0.850. The van der Waals surface area contributed by atoms with E-state index >= 15 is 0 Å². The molecule has 0 bridgehead atoms. The van der Waals surface area contributed by atoms with Gasteiger partial charge in [-0.1, -0.05) is 17.7 Å². The molecule has 1 aliphatic heterocycles. The molecule has 118 valence electrons. The van der Waals surface area contributed by atoms with E-state index in [1.165, 1.54) is 35.2 Å². The van der Waals surface area contributed by atoms with Crippen molar-refractivity contribution in [3.63, 3.8) is 0 Å². The van der Waals surface area contributed by atoms with Crippen LogP contribution in [-0.4, -0.2) is 41.0 Å². The second kappa shape index (κ2) is 6.63. The van der Waals surface area contributed by atoms with Crippen LogP contribution in [0.4, 0.5) is 0 Å². The first-order chi connectivity index (χ1) is 10.7. The maximum absolute atomic E-state index is 5.38. The molecule has 4 heteroatoms. The van der Waals surface area contributed by atoms with Gasteiger partial charge in [0.15, 0.2) is 0 Å². The molecule has 3 rings (SSSR count). The van der Waals surface area contributed by atoms with Gasteiger partial charge in [0.1, 0.15) is 0 Å². The highest BCUT2D eigenvalue weighted by Gasteiger charge is 2.25. The van der Waals surface area contributed by atoms with Crippen LogP contribution in [0.2, 0.25) is 0 Å². The summed E-state index contributed by atoms with van der Waals surface area (Å²) in [7, 11) is 1.79. The number of ether oxygens (including phenoxy) is 1. The van der Waals surface area contributed by atoms with Crippen molar-refractivity contribution in [2.24, 2.45) is 0 Å². The summed E-state index contributed by atoms with van der Waals surface area (Å²) in [5, 5.41) is 4.44. The lowest BCUT2D eigenvalue weighted by atomic mass is 10.0. The average molecular weight is 299 g/mol. The van der Waals surface area contributed by atoms with E-state index in [1.54, 1.807) is 7.11 Å². The first-order valence-electron chi connectivity index (χ1n) is 8.02. The Kier molecular flexibility index (Phi) is 4.60. The molecule has 0 amide bonds. The SMILES string of the molecule is COC[C@@H]1CCCN1Cc1cc(C)cc(C)c1-n1cccn1. The Labute approximate surface area is 132 Å². The number of methoxy groups -OCH3 is 1. The van der Waals surface area contributed by atoms with Gasteiger partial charge in [0.2, 0.25) is 0 Å². The molecule has 2 aromatic rings. The second-order valence-electron chi connectivity index (χ2n) is 6.26. The van der Waals surface area contributed by atoms with E-state index in [0.29, 0.717) is 6.04 Å². The largest absolute Gasteiger partial charge is 0.383 e. The van der Waals surface area contributed by atoms with Crippen LogP contribution in [0, 0.1) is 13.8 Å². The molecule has 0 radical (unpaired) electrons. The predicted molar refractivity (Wildman–Crippen MR) is 88.3 cm³/mol. The summed E-state index contributed by atoms with van der Waals surface area (Å²) in [6, 6.07) is 7.05. The number of hydrogen-bond donors (Lipinski definition) is 0. The van der Waals surface area contributed by atoms with Gasteiger partial charge in [0.25, 0.3) is 0 Å². The minimum Gasteiger partial charge on any atom is -0.383 e. The fourth-order valence-corrected chi connectivity index (χ4v) is 3.60. The van der Waals surface area contributed by atoms with Crippen LogP contribution in [-0.2, 0) is 11.3 Å². The van der Waals surface area contributed by atoms with Crippen molar-refractivity contribution in [2.45, 2.75) is 39.3 Å². The Bertz CT molecular complexity index is 622. The van der Waals surface area contributed by atoms with Crippen molar-refractivity contribution in [3.8, 4) is 5.69 Å². The number of rotatable bonds is 5. The van der Waals surface area contributed by atoms with Crippen molar-refractivity contribution in [2.75, 3.05) is 20.3 Å². The average Bonchev–Trinajstić information content (AvgIpc) is 3.11. The molecule has 4 nitrogen and oxygen atoms in total. The third-order valence-electron chi connectivity index (χ3n) is 4.49. The maximum atomic E-state index is 5.38. The minimum atomic E-state index is 0.538. The molecule has 0 N–H and O–H groups in total. The number of aryl methyl sites for hydroxylation is 2. The van der Waals surface area contributed by atoms with E-state index in [-0.39, 0.29) is 0 Å². The summed E-state index contributed by atoms with van der Waals surface area (Å²) >= 11 is 0. The van der Waals surface area contributed by atoms with Crippen LogP contribution in [0.25, 0.3) is 5.69 Å². The molecular formula is C18H25N3O. The minimum absolute atomic E-state index is 0.538. The van der Waals surface area contributed by atoms with E-state index in [2.05, 4.69) is 36.0 Å². The molecule has 1 atom stereocenters. The highest BCUT2D eigenvalue weighted by molar-refractivity contribution is 5.49. The van der Waals surface area contributed by atoms with Gasteiger partial charge in [-0.3, -0.25) is 4.90 Å². The van der Waals surface area contributed by atoms with Crippen LogP contribution in [0.5, 0.6) is 0 Å². The molecule has 1 aliphatic rings. The maximum Gasteiger partial charge on any atom is 0.0719 e. The molecule has 0 aliphatic carbocycles. The normalized spacial score (nSPS) is 19.0. The Morgan fingerprint density at radius 2 is 2.18 bits per heavy atom. The van der Waals surface area contributed by atoms with Crippen LogP contribution >= 0.6 is 0 Å². The fraction of sp³-hybridized carbons (Fsp3) is 0.500. The topological polar surface area (TPSA) is 30.3 Å². The van der Waals surface area contributed by atoms with Gasteiger partial charge in [0, 0.05) is 32.1 Å². The number of benzene rings is 1. The third-order valence-corrected chi connectivity index (χ3v) is 4.49. The molecule has 22 heavy (non-hydrogen) atoms. The summed E-state index contributed by atoms with van der Waals surface area (Å²) in [4.78, 5) is 2.55. The lowest BCUT2D eigenvalue weighted by molar-refractivity contribution is 0.112. The van der Waals surface area contributed by atoms with Gasteiger partial charge in [-0.05, 0) is 50.4 Å². The zero-order chi connectivity index (χ0) is 15.5. The number of aromatic nitrogens is 2.